The van der Waals surface area contributed by atoms with E-state index in [1.807, 2.05) is 25.1 Å². The molecule has 0 fully saturated rings. The van der Waals surface area contributed by atoms with E-state index in [9.17, 15) is 9.59 Å². The molecule has 0 spiro atoms. The van der Waals surface area contributed by atoms with Crippen LogP contribution in [0.1, 0.15) is 31.9 Å². The van der Waals surface area contributed by atoms with Crippen molar-refractivity contribution in [2.45, 2.75) is 26.3 Å². The van der Waals surface area contributed by atoms with Crippen LogP contribution in [0.2, 0.25) is 0 Å². The lowest BCUT2D eigenvalue weighted by atomic mass is 9.89. The van der Waals surface area contributed by atoms with Gasteiger partial charge in [-0.3, -0.25) is 9.59 Å². The minimum absolute atomic E-state index is 0.152. The molecule has 1 unspecified atom stereocenters. The van der Waals surface area contributed by atoms with Crippen LogP contribution in [0.15, 0.2) is 42.5 Å². The smallest absolute Gasteiger partial charge is 0.231 e. The van der Waals surface area contributed by atoms with Gasteiger partial charge in [0.2, 0.25) is 25.4 Å². The van der Waals surface area contributed by atoms with Crippen molar-refractivity contribution in [1.29, 1.82) is 0 Å². The summed E-state index contributed by atoms with van der Waals surface area (Å²) >= 11 is 0. The fourth-order valence-corrected chi connectivity index (χ4v) is 3.51. The lowest BCUT2D eigenvalue weighted by Crippen LogP contribution is -2.41. The molecular formula is C22H22N2O6. The van der Waals surface area contributed by atoms with Gasteiger partial charge in [0.05, 0.1) is 5.54 Å². The molecule has 156 valence electrons. The largest absolute Gasteiger partial charge is 0.454 e. The van der Waals surface area contributed by atoms with E-state index in [0.29, 0.717) is 34.3 Å². The summed E-state index contributed by atoms with van der Waals surface area (Å²) in [6, 6.07) is 10.9. The lowest BCUT2D eigenvalue weighted by Gasteiger charge is -2.29. The van der Waals surface area contributed by atoms with Crippen molar-refractivity contribution in [2.24, 2.45) is 0 Å². The number of carbonyl (C=O) groups excluding carboxylic acids is 2. The van der Waals surface area contributed by atoms with Crippen LogP contribution >= 0.6 is 0 Å². The first-order valence-corrected chi connectivity index (χ1v) is 9.43. The fraction of sp³-hybridized carbons (Fsp3) is 0.273. The van der Waals surface area contributed by atoms with Crippen molar-refractivity contribution >= 4 is 17.5 Å². The van der Waals surface area contributed by atoms with Gasteiger partial charge >= 0.3 is 0 Å². The average molecular weight is 410 g/mol. The zero-order valence-corrected chi connectivity index (χ0v) is 16.9. The predicted molar refractivity (Wildman–Crippen MR) is 108 cm³/mol. The van der Waals surface area contributed by atoms with Crippen LogP contribution in [0.4, 0.5) is 0 Å². The molecule has 8 heteroatoms. The van der Waals surface area contributed by atoms with E-state index in [0.717, 1.165) is 5.56 Å². The summed E-state index contributed by atoms with van der Waals surface area (Å²) in [5.74, 6) is 2.01. The second-order valence-electron chi connectivity index (χ2n) is 7.26. The fourth-order valence-electron chi connectivity index (χ4n) is 3.51. The first-order valence-electron chi connectivity index (χ1n) is 9.43. The van der Waals surface area contributed by atoms with Crippen LogP contribution in [-0.2, 0) is 15.1 Å². The summed E-state index contributed by atoms with van der Waals surface area (Å²) in [6.45, 7) is 5.02. The zero-order valence-electron chi connectivity index (χ0n) is 16.9. The molecule has 2 amide bonds. The van der Waals surface area contributed by atoms with E-state index in [2.05, 4.69) is 10.6 Å². The van der Waals surface area contributed by atoms with E-state index in [-0.39, 0.29) is 25.4 Å². The standard InChI is InChI=1S/C22H22N2O6/c1-13(25)23-17(15-4-6-18-20(8-15)29-11-27-18)10-22(3,24-14(2)26)16-5-7-19-21(9-16)30-12-28-19/h4-10H,11-12H2,1-3H3,(H,23,25)(H,24,26)/b17-10-. The molecule has 0 saturated heterocycles. The Kier molecular flexibility index (Phi) is 4.99. The van der Waals surface area contributed by atoms with E-state index in [1.165, 1.54) is 13.8 Å². The van der Waals surface area contributed by atoms with Crippen molar-refractivity contribution in [3.63, 3.8) is 0 Å². The Hall–Kier alpha value is -3.68. The molecule has 0 aliphatic carbocycles. The number of rotatable bonds is 5. The zero-order chi connectivity index (χ0) is 21.3. The Balaban J connectivity index is 1.80. The number of ether oxygens (including phenoxy) is 4. The van der Waals surface area contributed by atoms with Gasteiger partial charge in [-0.1, -0.05) is 6.07 Å². The van der Waals surface area contributed by atoms with Gasteiger partial charge in [-0.25, -0.2) is 0 Å². The third kappa shape index (κ3) is 3.89. The highest BCUT2D eigenvalue weighted by Gasteiger charge is 2.29. The highest BCUT2D eigenvalue weighted by Crippen LogP contribution is 2.38. The molecular weight excluding hydrogens is 388 g/mol. The molecule has 0 radical (unpaired) electrons. The maximum Gasteiger partial charge on any atom is 0.231 e. The highest BCUT2D eigenvalue weighted by atomic mass is 16.7. The van der Waals surface area contributed by atoms with Crippen molar-refractivity contribution < 1.29 is 28.5 Å². The minimum atomic E-state index is -0.943. The molecule has 2 aliphatic rings. The first-order chi connectivity index (χ1) is 14.3. The average Bonchev–Trinajstić information content (AvgIpc) is 3.34. The maximum atomic E-state index is 12.0. The van der Waals surface area contributed by atoms with Gasteiger partial charge in [-0.2, -0.15) is 0 Å². The predicted octanol–water partition coefficient (Wildman–Crippen LogP) is 2.67. The Morgan fingerprint density at radius 2 is 1.47 bits per heavy atom. The summed E-state index contributed by atoms with van der Waals surface area (Å²) < 4.78 is 21.7. The number of fused-ring (bicyclic) bond motifs is 2. The van der Waals surface area contributed by atoms with Crippen LogP contribution in [0.5, 0.6) is 23.0 Å². The van der Waals surface area contributed by atoms with E-state index in [1.54, 1.807) is 24.3 Å². The van der Waals surface area contributed by atoms with Crippen LogP contribution in [0.3, 0.4) is 0 Å². The number of nitrogens with one attached hydrogen (secondary N) is 2. The quantitative estimate of drug-likeness (QED) is 0.787. The lowest BCUT2D eigenvalue weighted by molar-refractivity contribution is -0.120. The summed E-state index contributed by atoms with van der Waals surface area (Å²) in [5, 5.41) is 5.83. The minimum Gasteiger partial charge on any atom is -0.454 e. The van der Waals surface area contributed by atoms with Crippen LogP contribution in [0.25, 0.3) is 5.70 Å². The summed E-state index contributed by atoms with van der Waals surface area (Å²) in [6.07, 6.45) is 1.80. The Labute approximate surface area is 173 Å². The molecule has 0 aromatic heterocycles. The monoisotopic (exact) mass is 410 g/mol. The molecule has 0 bridgehead atoms. The SMILES string of the molecule is CC(=O)N/C(=C\C(C)(NC(C)=O)c1ccc2c(c1)OCO2)c1ccc2c(c1)OCO2. The number of hydrogen-bond acceptors (Lipinski definition) is 6. The van der Waals surface area contributed by atoms with Crippen LogP contribution in [-0.4, -0.2) is 25.4 Å². The van der Waals surface area contributed by atoms with Gasteiger partial charge in [0.15, 0.2) is 23.0 Å². The van der Waals surface area contributed by atoms with Gasteiger partial charge in [0, 0.05) is 25.1 Å². The number of carbonyl (C=O) groups is 2. The second-order valence-corrected chi connectivity index (χ2v) is 7.26. The summed E-state index contributed by atoms with van der Waals surface area (Å²) in [7, 11) is 0. The summed E-state index contributed by atoms with van der Waals surface area (Å²) in [5.41, 5.74) is 1.06. The van der Waals surface area contributed by atoms with Gasteiger partial charge in [-0.15, -0.1) is 0 Å². The normalized spacial score (nSPS) is 16.0. The molecule has 8 nitrogen and oxygen atoms in total. The Morgan fingerprint density at radius 1 is 0.867 bits per heavy atom. The molecule has 1 atom stereocenters. The Bertz CT molecular complexity index is 1050. The molecule has 2 N–H and O–H groups in total. The topological polar surface area (TPSA) is 95.1 Å². The van der Waals surface area contributed by atoms with Gasteiger partial charge in [0.1, 0.15) is 0 Å². The van der Waals surface area contributed by atoms with E-state index >= 15 is 0 Å². The van der Waals surface area contributed by atoms with E-state index < -0.39 is 5.54 Å². The second kappa shape index (κ2) is 7.62. The third-order valence-electron chi connectivity index (χ3n) is 4.84. The number of benzene rings is 2. The molecule has 4 rings (SSSR count). The van der Waals surface area contributed by atoms with Crippen molar-refractivity contribution in [1.82, 2.24) is 10.6 Å². The van der Waals surface area contributed by atoms with E-state index in [4.69, 9.17) is 18.9 Å². The molecule has 2 aromatic carbocycles. The van der Waals surface area contributed by atoms with Gasteiger partial charge < -0.3 is 29.6 Å². The number of amides is 2. The van der Waals surface area contributed by atoms with Crippen molar-refractivity contribution in [3.05, 3.63) is 53.6 Å². The van der Waals surface area contributed by atoms with Crippen molar-refractivity contribution in [3.8, 4) is 23.0 Å². The van der Waals surface area contributed by atoms with Crippen molar-refractivity contribution in [2.75, 3.05) is 13.6 Å². The van der Waals surface area contributed by atoms with Gasteiger partial charge in [-0.05, 0) is 48.9 Å². The molecule has 2 aromatic rings. The third-order valence-corrected chi connectivity index (χ3v) is 4.84. The Morgan fingerprint density at radius 3 is 2.10 bits per heavy atom. The highest BCUT2D eigenvalue weighted by molar-refractivity contribution is 5.86. The van der Waals surface area contributed by atoms with Crippen LogP contribution in [0, 0.1) is 0 Å². The van der Waals surface area contributed by atoms with Gasteiger partial charge in [0.25, 0.3) is 0 Å². The number of hydrogen-bond donors (Lipinski definition) is 2. The first kappa shape index (κ1) is 19.6. The van der Waals surface area contributed by atoms with Crippen LogP contribution < -0.4 is 29.6 Å². The molecule has 0 saturated carbocycles. The molecule has 2 aliphatic heterocycles. The summed E-state index contributed by atoms with van der Waals surface area (Å²) in [4.78, 5) is 24.0. The molecule has 30 heavy (non-hydrogen) atoms. The molecule has 2 heterocycles. The maximum absolute atomic E-state index is 12.0.